The topological polar surface area (TPSA) is 424 Å². The minimum Gasteiger partial charge on any atom is -0.594 e. The summed E-state index contributed by atoms with van der Waals surface area (Å²) in [5.41, 5.74) is 22.2. The van der Waals surface area contributed by atoms with Crippen molar-refractivity contribution in [2.24, 2.45) is 0 Å². The highest BCUT2D eigenvalue weighted by atomic mass is 16.5. The monoisotopic (exact) mass is 941 g/mol. The third kappa shape index (κ3) is 11.8. The van der Waals surface area contributed by atoms with E-state index >= 15 is 0 Å². The molecule has 12 aromatic rings. The van der Waals surface area contributed by atoms with Crippen molar-refractivity contribution in [3.63, 3.8) is 0 Å². The molecule has 0 aliphatic carbocycles. The Morgan fingerprint density at radius 2 is 0.857 bits per heavy atom. The summed E-state index contributed by atoms with van der Waals surface area (Å²) >= 11 is 0. The number of nitrogens with zero attached hydrogens (tertiary/aromatic N) is 18. The predicted octanol–water partition coefficient (Wildman–Crippen LogP) is 0.857. The van der Waals surface area contributed by atoms with Crippen LogP contribution in [0.1, 0.15) is 0 Å². The SMILES string of the molecule is N=c1nc2ccccc2nn1O.N=c1nnc2ccccc2n1O.Nc1nc2ccccc2[n+]([O-])n1.Nc1nc2ccccc2[n+]([O-])n1.Nc1nnc2ccccc2n1.[O-][n+]1ncnc2ccccc21. The minimum atomic E-state index is -0.270. The van der Waals surface area contributed by atoms with Gasteiger partial charge in [0.05, 0.1) is 21.2 Å². The highest BCUT2D eigenvalue weighted by Crippen LogP contribution is 2.09. The molecule has 0 spiro atoms. The molecule has 12 rings (SSSR count). The number of nitrogen functional groups attached to an aromatic ring is 3. The molecule has 0 saturated heterocycles. The number of anilines is 3. The molecular formula is C42H35N23O5. The van der Waals surface area contributed by atoms with Crippen molar-refractivity contribution in [3.05, 3.63) is 179 Å². The van der Waals surface area contributed by atoms with Gasteiger partial charge in [-0.15, -0.1) is 30.2 Å². The number of rotatable bonds is 0. The van der Waals surface area contributed by atoms with E-state index in [4.69, 9.17) is 33.2 Å². The Morgan fingerprint density at radius 1 is 0.429 bits per heavy atom. The van der Waals surface area contributed by atoms with Crippen LogP contribution < -0.4 is 43.0 Å². The van der Waals surface area contributed by atoms with E-state index < -0.39 is 0 Å². The quantitative estimate of drug-likeness (QED) is 0.0629. The minimum absolute atomic E-state index is 0.0105. The van der Waals surface area contributed by atoms with E-state index in [9.17, 15) is 20.8 Å². The van der Waals surface area contributed by atoms with Gasteiger partial charge in [0.15, 0.2) is 6.33 Å². The van der Waals surface area contributed by atoms with Gasteiger partial charge in [0.1, 0.15) is 38.6 Å². The van der Waals surface area contributed by atoms with Crippen LogP contribution in [-0.4, -0.2) is 85.7 Å². The van der Waals surface area contributed by atoms with Crippen molar-refractivity contribution < 1.29 is 24.9 Å². The fourth-order valence-electron chi connectivity index (χ4n) is 5.79. The van der Waals surface area contributed by atoms with E-state index in [0.717, 1.165) is 11.0 Å². The zero-order valence-electron chi connectivity index (χ0n) is 35.8. The summed E-state index contributed by atoms with van der Waals surface area (Å²) in [6, 6.07) is 42.3. The van der Waals surface area contributed by atoms with Gasteiger partial charge < -0.3 is 43.2 Å². The molecule has 0 unspecified atom stereocenters. The predicted molar refractivity (Wildman–Crippen MR) is 247 cm³/mol. The fraction of sp³-hybridized carbons (Fsp3) is 0. The molecule has 0 radical (unpaired) electrons. The molecule has 0 aliphatic rings. The van der Waals surface area contributed by atoms with Gasteiger partial charge in [-0.05, 0) is 69.1 Å². The molecule has 0 aliphatic heterocycles. The fourth-order valence-corrected chi connectivity index (χ4v) is 5.79. The van der Waals surface area contributed by atoms with Gasteiger partial charge in [0.25, 0.3) is 39.7 Å². The van der Waals surface area contributed by atoms with E-state index in [-0.39, 0.29) is 29.1 Å². The van der Waals surface area contributed by atoms with E-state index in [2.05, 4.69) is 65.7 Å². The smallest absolute Gasteiger partial charge is 0.288 e. The van der Waals surface area contributed by atoms with Crippen LogP contribution in [-0.2, 0) is 0 Å². The number of aromatic nitrogens is 18. The number of para-hydroxylation sites is 9. The van der Waals surface area contributed by atoms with Crippen LogP contribution in [0.4, 0.5) is 17.8 Å². The first-order chi connectivity index (χ1) is 33.8. The standard InChI is InChI=1S/4C7H6N4O.C7H6N4.C7H5N3O/c8-7-10-9-5-3-1-2-4-6(5)11(7)12;2*8-7-9-5-3-1-2-4-6(5)11(12)10-7;8-7-9-5-3-1-2-4-6(5)10-11(7)12;8-7-9-5-3-1-2-4-6(5)10-11-7;11-10-7-4-2-1-3-6(7)8-5-9-10/h1-4,8,12H;2*1-4H,(H2,8,9,10);1-4,8,12H;1-4H,(H2,8,9,11);1-5H. The lowest BCUT2D eigenvalue weighted by atomic mass is 10.3. The Morgan fingerprint density at radius 3 is 1.43 bits per heavy atom. The molecule has 0 atom stereocenters. The third-order valence-corrected chi connectivity index (χ3v) is 8.91. The molecule has 6 aromatic carbocycles. The highest BCUT2D eigenvalue weighted by Gasteiger charge is 2.08. The van der Waals surface area contributed by atoms with Crippen LogP contribution in [0.15, 0.2) is 152 Å². The van der Waals surface area contributed by atoms with Gasteiger partial charge in [0.2, 0.25) is 5.95 Å². The van der Waals surface area contributed by atoms with Gasteiger partial charge >= 0.3 is 0 Å². The van der Waals surface area contributed by atoms with Crippen molar-refractivity contribution in [1.29, 1.82) is 10.8 Å². The van der Waals surface area contributed by atoms with Gasteiger partial charge in [-0.3, -0.25) is 10.8 Å². The molecule has 0 bridgehead atoms. The Balaban J connectivity index is 0.000000124. The molecule has 10 N–H and O–H groups in total. The normalized spacial score (nSPS) is 10.3. The second-order valence-corrected chi connectivity index (χ2v) is 13.6. The van der Waals surface area contributed by atoms with Gasteiger partial charge in [-0.2, -0.15) is 0 Å². The van der Waals surface area contributed by atoms with Crippen LogP contribution in [0.5, 0.6) is 0 Å². The lowest BCUT2D eigenvalue weighted by molar-refractivity contribution is -0.643. The molecule has 0 amide bonds. The Kier molecular flexibility index (Phi) is 14.6. The van der Waals surface area contributed by atoms with E-state index in [1.807, 2.05) is 30.3 Å². The van der Waals surface area contributed by atoms with Gasteiger partial charge in [0, 0.05) is 23.3 Å². The van der Waals surface area contributed by atoms with Crippen molar-refractivity contribution in [2.45, 2.75) is 0 Å². The maximum absolute atomic E-state index is 11.1. The van der Waals surface area contributed by atoms with Gasteiger partial charge in [-0.1, -0.05) is 77.6 Å². The summed E-state index contributed by atoms with van der Waals surface area (Å²) in [4.78, 5) is 21.4. The molecule has 348 valence electrons. The van der Waals surface area contributed by atoms with Crippen LogP contribution in [0.3, 0.4) is 0 Å². The molecular weight excluding hydrogens is 907 g/mol. The number of nitrogens with two attached hydrogens (primary N) is 3. The Hall–Kier alpha value is -11.1. The summed E-state index contributed by atoms with van der Waals surface area (Å²) in [5, 5.41) is 94.3. The second-order valence-electron chi connectivity index (χ2n) is 13.6. The molecule has 6 aromatic heterocycles. The van der Waals surface area contributed by atoms with Crippen LogP contribution in [0.25, 0.3) is 66.2 Å². The summed E-state index contributed by atoms with van der Waals surface area (Å²) in [5.74, 6) is 0.191. The number of fused-ring (bicyclic) bond motifs is 6. The van der Waals surface area contributed by atoms with Gasteiger partial charge in [-0.25, -0.2) is 24.9 Å². The maximum atomic E-state index is 11.1. The summed E-state index contributed by atoms with van der Waals surface area (Å²) < 4.78 is 0.697. The Labute approximate surface area is 390 Å². The van der Waals surface area contributed by atoms with Crippen molar-refractivity contribution in [2.75, 3.05) is 17.2 Å². The van der Waals surface area contributed by atoms with Crippen molar-refractivity contribution in [3.8, 4) is 0 Å². The molecule has 70 heavy (non-hydrogen) atoms. The van der Waals surface area contributed by atoms with Crippen molar-refractivity contribution >= 4 is 84.0 Å². The Bertz CT molecular complexity index is 3780. The molecule has 6 heterocycles. The van der Waals surface area contributed by atoms with E-state index in [0.29, 0.717) is 79.3 Å². The average Bonchev–Trinajstić information content (AvgIpc) is 3.37. The lowest BCUT2D eigenvalue weighted by Crippen LogP contribution is -2.33. The van der Waals surface area contributed by atoms with E-state index in [1.54, 1.807) is 115 Å². The second kappa shape index (κ2) is 21.7. The zero-order chi connectivity index (χ0) is 49.6. The third-order valence-electron chi connectivity index (χ3n) is 8.91. The van der Waals surface area contributed by atoms with Crippen LogP contribution in [0, 0.1) is 26.4 Å². The first-order valence-corrected chi connectivity index (χ1v) is 19.9. The first-order valence-electron chi connectivity index (χ1n) is 19.9. The average molecular weight is 942 g/mol. The van der Waals surface area contributed by atoms with Crippen LogP contribution in [0.2, 0.25) is 0 Å². The number of hydrogen-bond donors (Lipinski definition) is 7. The molecule has 28 nitrogen and oxygen atoms in total. The molecule has 0 saturated carbocycles. The number of benzene rings is 6. The lowest BCUT2D eigenvalue weighted by Gasteiger charge is -1.99. The zero-order valence-corrected chi connectivity index (χ0v) is 35.8. The van der Waals surface area contributed by atoms with Crippen LogP contribution >= 0.6 is 0 Å². The largest absolute Gasteiger partial charge is 0.594 e. The number of nitrogens with one attached hydrogen (secondary N) is 2. The number of hydrogen-bond acceptors (Lipinski definition) is 23. The van der Waals surface area contributed by atoms with Crippen molar-refractivity contribution in [1.82, 2.24) is 75.3 Å². The van der Waals surface area contributed by atoms with E-state index in [1.165, 1.54) is 6.33 Å². The molecule has 0 fully saturated rings. The highest BCUT2D eigenvalue weighted by molar-refractivity contribution is 5.75. The molecule has 28 heteroatoms. The summed E-state index contributed by atoms with van der Waals surface area (Å²) in [6.45, 7) is 0. The first kappa shape index (κ1) is 46.9. The summed E-state index contributed by atoms with van der Waals surface area (Å²) in [7, 11) is 0. The maximum Gasteiger partial charge on any atom is 0.288 e. The summed E-state index contributed by atoms with van der Waals surface area (Å²) in [6.07, 6.45) is 1.25.